The fourth-order valence-corrected chi connectivity index (χ4v) is 1.78. The van der Waals surface area contributed by atoms with E-state index < -0.39 is 11.9 Å². The zero-order valence-corrected chi connectivity index (χ0v) is 12.8. The van der Waals surface area contributed by atoms with Crippen LogP contribution in [0.15, 0.2) is 42.0 Å². The molecule has 0 aliphatic heterocycles. The van der Waals surface area contributed by atoms with E-state index in [2.05, 4.69) is 0 Å². The van der Waals surface area contributed by atoms with E-state index in [9.17, 15) is 9.59 Å². The molecule has 21 heavy (non-hydrogen) atoms. The minimum atomic E-state index is -0.509. The normalized spacial score (nSPS) is 11.3. The average Bonchev–Trinajstić information content (AvgIpc) is 2.45. The van der Waals surface area contributed by atoms with E-state index in [-0.39, 0.29) is 19.1 Å². The molecule has 4 heteroatoms. The van der Waals surface area contributed by atoms with Gasteiger partial charge in [0.15, 0.2) is 0 Å². The number of carbonyl (C=O) groups is 2. The largest absolute Gasteiger partial charge is 0.463 e. The molecular formula is C17H22O4. The topological polar surface area (TPSA) is 52.6 Å². The van der Waals surface area contributed by atoms with Crippen LogP contribution in [-0.2, 0) is 25.7 Å². The SMILES string of the molecule is CCOC(=O)/C=C(\CC(C)C)C(=O)OCc1ccccc1. The fraction of sp³-hybridized carbons (Fsp3) is 0.412. The first kappa shape index (κ1) is 17.0. The molecule has 0 saturated carbocycles. The standard InChI is InChI=1S/C17H22O4/c1-4-20-16(18)11-15(10-13(2)3)17(19)21-12-14-8-6-5-7-9-14/h5-9,11,13H,4,10,12H2,1-3H3/b15-11+. The molecule has 0 bridgehead atoms. The lowest BCUT2D eigenvalue weighted by Crippen LogP contribution is -2.13. The molecule has 0 radical (unpaired) electrons. The summed E-state index contributed by atoms with van der Waals surface area (Å²) in [6.07, 6.45) is 1.71. The molecule has 0 saturated heterocycles. The van der Waals surface area contributed by atoms with Gasteiger partial charge in [0.2, 0.25) is 0 Å². The van der Waals surface area contributed by atoms with Crippen LogP contribution in [0.25, 0.3) is 0 Å². The van der Waals surface area contributed by atoms with Gasteiger partial charge < -0.3 is 9.47 Å². The van der Waals surface area contributed by atoms with Crippen molar-refractivity contribution in [2.75, 3.05) is 6.61 Å². The molecule has 0 aliphatic carbocycles. The molecule has 0 atom stereocenters. The van der Waals surface area contributed by atoms with E-state index >= 15 is 0 Å². The summed E-state index contributed by atoms with van der Waals surface area (Å²) in [7, 11) is 0. The fourth-order valence-electron chi connectivity index (χ4n) is 1.78. The smallest absolute Gasteiger partial charge is 0.334 e. The van der Waals surface area contributed by atoms with Gasteiger partial charge in [-0.3, -0.25) is 0 Å². The van der Waals surface area contributed by atoms with Crippen LogP contribution in [-0.4, -0.2) is 18.5 Å². The van der Waals surface area contributed by atoms with Gasteiger partial charge in [-0.2, -0.15) is 0 Å². The second-order valence-corrected chi connectivity index (χ2v) is 5.08. The Hall–Kier alpha value is -2.10. The third kappa shape index (κ3) is 6.75. The van der Waals surface area contributed by atoms with Gasteiger partial charge >= 0.3 is 11.9 Å². The first-order valence-electron chi connectivity index (χ1n) is 7.11. The highest BCUT2D eigenvalue weighted by Crippen LogP contribution is 2.14. The van der Waals surface area contributed by atoms with E-state index in [0.29, 0.717) is 12.0 Å². The van der Waals surface area contributed by atoms with Crippen LogP contribution >= 0.6 is 0 Å². The van der Waals surface area contributed by atoms with Gasteiger partial charge in [-0.15, -0.1) is 0 Å². The van der Waals surface area contributed by atoms with Crippen molar-refractivity contribution in [3.05, 3.63) is 47.5 Å². The Kier molecular flexibility index (Phi) is 7.23. The molecule has 0 heterocycles. The number of hydrogen-bond acceptors (Lipinski definition) is 4. The van der Waals surface area contributed by atoms with Crippen molar-refractivity contribution in [2.45, 2.75) is 33.8 Å². The summed E-state index contributed by atoms with van der Waals surface area (Å²) in [6, 6.07) is 9.42. The molecule has 0 aromatic heterocycles. The van der Waals surface area contributed by atoms with E-state index in [1.165, 1.54) is 6.08 Å². The van der Waals surface area contributed by atoms with Crippen molar-refractivity contribution in [2.24, 2.45) is 5.92 Å². The van der Waals surface area contributed by atoms with Gasteiger partial charge in [0.05, 0.1) is 6.61 Å². The van der Waals surface area contributed by atoms with E-state index in [0.717, 1.165) is 5.56 Å². The van der Waals surface area contributed by atoms with E-state index in [1.807, 2.05) is 44.2 Å². The lowest BCUT2D eigenvalue weighted by molar-refractivity contribution is -0.142. The van der Waals surface area contributed by atoms with Crippen molar-refractivity contribution < 1.29 is 19.1 Å². The summed E-state index contributed by atoms with van der Waals surface area (Å²) in [5, 5.41) is 0. The first-order valence-corrected chi connectivity index (χ1v) is 7.11. The van der Waals surface area contributed by atoms with Crippen LogP contribution in [0, 0.1) is 5.92 Å². The van der Waals surface area contributed by atoms with Gasteiger partial charge in [0.1, 0.15) is 6.61 Å². The number of benzene rings is 1. The summed E-state index contributed by atoms with van der Waals surface area (Å²) < 4.78 is 10.1. The molecule has 0 fully saturated rings. The number of ether oxygens (including phenoxy) is 2. The Balaban J connectivity index is 2.69. The highest BCUT2D eigenvalue weighted by molar-refractivity contribution is 5.96. The Morgan fingerprint density at radius 2 is 1.81 bits per heavy atom. The second kappa shape index (κ2) is 8.95. The minimum Gasteiger partial charge on any atom is -0.463 e. The van der Waals surface area contributed by atoms with Gasteiger partial charge in [-0.1, -0.05) is 44.2 Å². The number of rotatable bonds is 7. The van der Waals surface area contributed by atoms with Crippen LogP contribution in [0.2, 0.25) is 0 Å². The maximum atomic E-state index is 12.1. The molecule has 0 unspecified atom stereocenters. The zero-order valence-electron chi connectivity index (χ0n) is 12.8. The molecule has 0 aliphatic rings. The van der Waals surface area contributed by atoms with Gasteiger partial charge in [-0.05, 0) is 24.8 Å². The van der Waals surface area contributed by atoms with Crippen LogP contribution in [0.1, 0.15) is 32.8 Å². The molecule has 114 valence electrons. The third-order valence-electron chi connectivity index (χ3n) is 2.68. The monoisotopic (exact) mass is 290 g/mol. The zero-order chi connectivity index (χ0) is 15.7. The molecule has 0 N–H and O–H groups in total. The van der Waals surface area contributed by atoms with E-state index in [1.54, 1.807) is 6.92 Å². The maximum Gasteiger partial charge on any atom is 0.334 e. The quantitative estimate of drug-likeness (QED) is 0.571. The maximum absolute atomic E-state index is 12.1. The Morgan fingerprint density at radius 3 is 2.38 bits per heavy atom. The van der Waals surface area contributed by atoms with Crippen molar-refractivity contribution in [3.8, 4) is 0 Å². The molecule has 0 spiro atoms. The van der Waals surface area contributed by atoms with Crippen molar-refractivity contribution in [3.63, 3.8) is 0 Å². The molecule has 1 aromatic carbocycles. The predicted molar refractivity (Wildman–Crippen MR) is 80.4 cm³/mol. The van der Waals surface area contributed by atoms with Gasteiger partial charge in [0, 0.05) is 11.6 Å². The van der Waals surface area contributed by atoms with Crippen LogP contribution < -0.4 is 0 Å². The molecular weight excluding hydrogens is 268 g/mol. The highest BCUT2D eigenvalue weighted by atomic mass is 16.5. The van der Waals surface area contributed by atoms with Gasteiger partial charge in [-0.25, -0.2) is 9.59 Å². The Morgan fingerprint density at radius 1 is 1.14 bits per heavy atom. The molecule has 0 amide bonds. The van der Waals surface area contributed by atoms with Crippen LogP contribution in [0.3, 0.4) is 0 Å². The van der Waals surface area contributed by atoms with Gasteiger partial charge in [0.25, 0.3) is 0 Å². The number of hydrogen-bond donors (Lipinski definition) is 0. The highest BCUT2D eigenvalue weighted by Gasteiger charge is 2.15. The summed E-state index contributed by atoms with van der Waals surface area (Å²) in [4.78, 5) is 23.6. The third-order valence-corrected chi connectivity index (χ3v) is 2.68. The number of carbonyl (C=O) groups excluding carboxylic acids is 2. The summed E-state index contributed by atoms with van der Waals surface area (Å²) in [6.45, 7) is 6.15. The van der Waals surface area contributed by atoms with Crippen LogP contribution in [0.4, 0.5) is 0 Å². The van der Waals surface area contributed by atoms with Crippen LogP contribution in [0.5, 0.6) is 0 Å². The second-order valence-electron chi connectivity index (χ2n) is 5.08. The Labute approximate surface area is 125 Å². The van der Waals surface area contributed by atoms with Crippen molar-refractivity contribution >= 4 is 11.9 Å². The predicted octanol–water partition coefficient (Wildman–Crippen LogP) is 3.27. The number of esters is 2. The lowest BCUT2D eigenvalue weighted by atomic mass is 10.0. The summed E-state index contributed by atoms with van der Waals surface area (Å²) >= 11 is 0. The molecule has 4 nitrogen and oxygen atoms in total. The average molecular weight is 290 g/mol. The minimum absolute atomic E-state index is 0.192. The Bertz CT molecular complexity index is 489. The molecule has 1 rings (SSSR count). The van der Waals surface area contributed by atoms with Crippen molar-refractivity contribution in [1.29, 1.82) is 0 Å². The summed E-state index contributed by atoms with van der Waals surface area (Å²) in [5.74, 6) is -0.736. The molecule has 1 aromatic rings. The van der Waals surface area contributed by atoms with E-state index in [4.69, 9.17) is 9.47 Å². The first-order chi connectivity index (χ1) is 10.0. The van der Waals surface area contributed by atoms with Crippen molar-refractivity contribution in [1.82, 2.24) is 0 Å². The summed E-state index contributed by atoms with van der Waals surface area (Å²) in [5.41, 5.74) is 1.25. The lowest BCUT2D eigenvalue weighted by Gasteiger charge is -2.10.